The number of aromatic amines is 1. The Hall–Kier alpha value is -1.04. The van der Waals surface area contributed by atoms with Crippen LogP contribution >= 0.6 is 23.4 Å². The molecule has 0 aliphatic carbocycles. The number of hydrogen-bond acceptors (Lipinski definition) is 4. The zero-order chi connectivity index (χ0) is 14.5. The van der Waals surface area contributed by atoms with Crippen molar-refractivity contribution in [2.24, 2.45) is 0 Å². The predicted octanol–water partition coefficient (Wildman–Crippen LogP) is 2.81. The third kappa shape index (κ3) is 3.75. The number of nitrogens with one attached hydrogen (secondary N) is 2. The van der Waals surface area contributed by atoms with Gasteiger partial charge in [0.05, 0.1) is 17.4 Å². The maximum atomic E-state index is 12.0. The zero-order valence-corrected chi connectivity index (χ0v) is 13.1. The summed E-state index contributed by atoms with van der Waals surface area (Å²) >= 11 is 7.75. The molecular formula is C14H18ClN3OS. The Balaban J connectivity index is 2.20. The van der Waals surface area contributed by atoms with Crippen LogP contribution in [0.3, 0.4) is 0 Å². The van der Waals surface area contributed by atoms with Crippen LogP contribution in [0.2, 0.25) is 5.02 Å². The summed E-state index contributed by atoms with van der Waals surface area (Å²) in [5.41, 5.74) is 0.511. The number of H-pyrrole nitrogens is 1. The van der Waals surface area contributed by atoms with Crippen LogP contribution in [0.25, 0.3) is 10.9 Å². The highest BCUT2D eigenvalue weighted by Crippen LogP contribution is 2.14. The molecule has 1 aromatic heterocycles. The monoisotopic (exact) mass is 311 g/mol. The van der Waals surface area contributed by atoms with E-state index in [4.69, 9.17) is 11.6 Å². The molecule has 1 aromatic carbocycles. The molecule has 20 heavy (non-hydrogen) atoms. The molecule has 1 atom stereocenters. The number of aromatic nitrogens is 2. The van der Waals surface area contributed by atoms with Crippen molar-refractivity contribution in [2.45, 2.75) is 25.9 Å². The van der Waals surface area contributed by atoms with E-state index in [1.165, 1.54) is 0 Å². The first-order chi connectivity index (χ1) is 9.63. The fraction of sp³-hybridized carbons (Fsp3) is 0.429. The van der Waals surface area contributed by atoms with Crippen LogP contribution in [-0.2, 0) is 6.54 Å². The van der Waals surface area contributed by atoms with Crippen LogP contribution in [0.4, 0.5) is 0 Å². The van der Waals surface area contributed by atoms with Crippen molar-refractivity contribution in [1.82, 2.24) is 15.3 Å². The largest absolute Gasteiger partial charge is 0.309 e. The van der Waals surface area contributed by atoms with Crippen molar-refractivity contribution in [1.29, 1.82) is 0 Å². The predicted molar refractivity (Wildman–Crippen MR) is 86.7 cm³/mol. The zero-order valence-electron chi connectivity index (χ0n) is 11.6. The highest BCUT2D eigenvalue weighted by Gasteiger charge is 2.08. The van der Waals surface area contributed by atoms with Crippen LogP contribution in [0, 0.1) is 0 Å². The molecule has 2 rings (SSSR count). The summed E-state index contributed by atoms with van der Waals surface area (Å²) in [6.07, 6.45) is 3.13. The van der Waals surface area contributed by atoms with Crippen molar-refractivity contribution in [3.05, 3.63) is 39.4 Å². The number of benzene rings is 1. The van der Waals surface area contributed by atoms with Crippen molar-refractivity contribution in [3.63, 3.8) is 0 Å². The number of thioether (sulfide) groups is 1. The number of halogens is 1. The summed E-state index contributed by atoms with van der Waals surface area (Å²) < 4.78 is 0. The van der Waals surface area contributed by atoms with E-state index in [-0.39, 0.29) is 5.56 Å². The summed E-state index contributed by atoms with van der Waals surface area (Å²) in [5.74, 6) is 1.68. The number of fused-ring (bicyclic) bond motifs is 1. The molecule has 0 fully saturated rings. The van der Waals surface area contributed by atoms with Gasteiger partial charge in [0, 0.05) is 16.8 Å². The third-order valence-corrected chi connectivity index (χ3v) is 4.11. The van der Waals surface area contributed by atoms with Crippen LogP contribution in [0.15, 0.2) is 23.0 Å². The van der Waals surface area contributed by atoms with E-state index in [9.17, 15) is 4.79 Å². The second-order valence-electron chi connectivity index (χ2n) is 4.62. The van der Waals surface area contributed by atoms with Gasteiger partial charge in [0.2, 0.25) is 0 Å². The molecule has 2 aromatic rings. The fourth-order valence-electron chi connectivity index (χ4n) is 2.01. The van der Waals surface area contributed by atoms with E-state index in [2.05, 4.69) is 28.5 Å². The molecule has 0 aliphatic heterocycles. The van der Waals surface area contributed by atoms with E-state index < -0.39 is 0 Å². The smallest absolute Gasteiger partial charge is 0.258 e. The molecule has 0 spiro atoms. The standard InChI is InChI=1S/C14H18ClN3OS/c1-3-10(8-20-2)16-7-13-17-12-6-9(15)4-5-11(12)14(19)18-13/h4-6,10,16H,3,7-8H2,1-2H3,(H,17,18,19). The Labute approximate surface area is 127 Å². The number of hydrogen-bond donors (Lipinski definition) is 2. The molecule has 0 amide bonds. The Morgan fingerprint density at radius 1 is 1.50 bits per heavy atom. The topological polar surface area (TPSA) is 57.8 Å². The molecule has 1 unspecified atom stereocenters. The van der Waals surface area contributed by atoms with Gasteiger partial charge in [-0.25, -0.2) is 4.98 Å². The van der Waals surface area contributed by atoms with Gasteiger partial charge in [0.15, 0.2) is 0 Å². The van der Waals surface area contributed by atoms with E-state index in [1.54, 1.807) is 30.0 Å². The van der Waals surface area contributed by atoms with Gasteiger partial charge < -0.3 is 10.3 Å². The maximum absolute atomic E-state index is 12.0. The fourth-order valence-corrected chi connectivity index (χ4v) is 2.93. The van der Waals surface area contributed by atoms with Crippen LogP contribution in [0.5, 0.6) is 0 Å². The Bertz CT molecular complexity index is 644. The molecule has 0 bridgehead atoms. The highest BCUT2D eigenvalue weighted by molar-refractivity contribution is 7.98. The van der Waals surface area contributed by atoms with E-state index in [1.807, 2.05) is 0 Å². The van der Waals surface area contributed by atoms with Crippen LogP contribution in [-0.4, -0.2) is 28.0 Å². The second-order valence-corrected chi connectivity index (χ2v) is 5.96. The second kappa shape index (κ2) is 7.11. The lowest BCUT2D eigenvalue weighted by molar-refractivity contribution is 0.530. The van der Waals surface area contributed by atoms with Gasteiger partial charge in [-0.3, -0.25) is 4.79 Å². The average Bonchev–Trinajstić information content (AvgIpc) is 2.43. The lowest BCUT2D eigenvalue weighted by atomic mass is 10.2. The molecule has 0 saturated carbocycles. The quantitative estimate of drug-likeness (QED) is 0.861. The maximum Gasteiger partial charge on any atom is 0.258 e. The van der Waals surface area contributed by atoms with Gasteiger partial charge in [0.25, 0.3) is 5.56 Å². The highest BCUT2D eigenvalue weighted by atomic mass is 35.5. The lowest BCUT2D eigenvalue weighted by Crippen LogP contribution is -2.31. The summed E-state index contributed by atoms with van der Waals surface area (Å²) in [7, 11) is 0. The lowest BCUT2D eigenvalue weighted by Gasteiger charge is -2.15. The van der Waals surface area contributed by atoms with Crippen molar-refractivity contribution in [3.8, 4) is 0 Å². The first-order valence-electron chi connectivity index (χ1n) is 6.54. The molecule has 0 radical (unpaired) electrons. The Morgan fingerprint density at radius 3 is 3.00 bits per heavy atom. The van der Waals surface area contributed by atoms with Crippen molar-refractivity contribution >= 4 is 34.3 Å². The molecule has 0 saturated heterocycles. The molecule has 2 N–H and O–H groups in total. The first-order valence-corrected chi connectivity index (χ1v) is 8.32. The van der Waals surface area contributed by atoms with Gasteiger partial charge in [-0.15, -0.1) is 0 Å². The minimum Gasteiger partial charge on any atom is -0.309 e. The molecule has 1 heterocycles. The summed E-state index contributed by atoms with van der Waals surface area (Å²) in [5, 5.41) is 4.56. The average molecular weight is 312 g/mol. The molecular weight excluding hydrogens is 294 g/mol. The molecule has 0 aliphatic rings. The summed E-state index contributed by atoms with van der Waals surface area (Å²) in [6.45, 7) is 2.70. The van der Waals surface area contributed by atoms with Gasteiger partial charge in [-0.05, 0) is 30.9 Å². The van der Waals surface area contributed by atoms with Gasteiger partial charge in [-0.1, -0.05) is 18.5 Å². The van der Waals surface area contributed by atoms with Crippen LogP contribution in [0.1, 0.15) is 19.2 Å². The van der Waals surface area contributed by atoms with E-state index >= 15 is 0 Å². The van der Waals surface area contributed by atoms with E-state index in [0.717, 1.165) is 12.2 Å². The molecule has 6 heteroatoms. The van der Waals surface area contributed by atoms with Gasteiger partial charge in [0.1, 0.15) is 5.82 Å². The minimum absolute atomic E-state index is 0.124. The Kier molecular flexibility index (Phi) is 5.46. The van der Waals surface area contributed by atoms with Crippen molar-refractivity contribution < 1.29 is 0 Å². The SMILES string of the molecule is CCC(CSC)NCc1nc2cc(Cl)ccc2c(=O)[nH]1. The van der Waals surface area contributed by atoms with Crippen molar-refractivity contribution in [2.75, 3.05) is 12.0 Å². The Morgan fingerprint density at radius 2 is 2.30 bits per heavy atom. The van der Waals surface area contributed by atoms with Gasteiger partial charge in [-0.2, -0.15) is 11.8 Å². The van der Waals surface area contributed by atoms with Gasteiger partial charge >= 0.3 is 0 Å². The molecule has 4 nitrogen and oxygen atoms in total. The van der Waals surface area contributed by atoms with E-state index in [0.29, 0.717) is 34.3 Å². The third-order valence-electron chi connectivity index (χ3n) is 3.14. The first kappa shape index (κ1) is 15.4. The van der Waals surface area contributed by atoms with Crippen LogP contribution < -0.4 is 10.9 Å². The minimum atomic E-state index is -0.124. The summed E-state index contributed by atoms with van der Waals surface area (Å²) in [4.78, 5) is 19.2. The number of rotatable bonds is 6. The number of nitrogens with zero attached hydrogens (tertiary/aromatic N) is 1. The summed E-state index contributed by atoms with van der Waals surface area (Å²) in [6, 6.07) is 5.54. The normalized spacial score (nSPS) is 12.8. The molecule has 108 valence electrons.